The van der Waals surface area contributed by atoms with E-state index in [-0.39, 0.29) is 11.4 Å². The van der Waals surface area contributed by atoms with Crippen molar-refractivity contribution in [2.24, 2.45) is 0 Å². The zero-order valence-electron chi connectivity index (χ0n) is 17.9. The first-order valence-electron chi connectivity index (χ1n) is 10.6. The summed E-state index contributed by atoms with van der Waals surface area (Å²) in [5, 5.41) is 0.407. The van der Waals surface area contributed by atoms with Gasteiger partial charge in [-0.15, -0.1) is 0 Å². The van der Waals surface area contributed by atoms with E-state index < -0.39 is 0 Å². The molecule has 0 amide bonds. The summed E-state index contributed by atoms with van der Waals surface area (Å²) in [7, 11) is 0. The zero-order valence-corrected chi connectivity index (χ0v) is 17.9. The summed E-state index contributed by atoms with van der Waals surface area (Å²) in [6, 6.07) is 13.6. The van der Waals surface area contributed by atoms with E-state index in [9.17, 15) is 9.18 Å². The third-order valence-electron chi connectivity index (χ3n) is 5.51. The van der Waals surface area contributed by atoms with Crippen molar-refractivity contribution in [3.8, 4) is 5.69 Å². The van der Waals surface area contributed by atoms with Crippen LogP contribution in [0, 0.1) is 12.7 Å². The number of hydrogen-bond acceptors (Lipinski definition) is 5. The third-order valence-corrected chi connectivity index (χ3v) is 5.51. The quantitative estimate of drug-likeness (QED) is 0.378. The molecule has 0 spiro atoms. The van der Waals surface area contributed by atoms with Crippen LogP contribution in [0.3, 0.4) is 0 Å². The van der Waals surface area contributed by atoms with Gasteiger partial charge in [0.25, 0.3) is 5.56 Å². The maximum absolute atomic E-state index is 13.6. The molecule has 0 saturated heterocycles. The Labute approximate surface area is 183 Å². The number of ether oxygens (including phenoxy) is 1. The van der Waals surface area contributed by atoms with Crippen LogP contribution in [-0.4, -0.2) is 37.3 Å². The molecule has 0 N–H and O–H groups in total. The Morgan fingerprint density at radius 2 is 1.69 bits per heavy atom. The zero-order chi connectivity index (χ0) is 22.2. The second kappa shape index (κ2) is 8.12. The van der Waals surface area contributed by atoms with Crippen LogP contribution >= 0.6 is 0 Å². The fourth-order valence-electron chi connectivity index (χ4n) is 4.00. The molecule has 0 aliphatic rings. The molecule has 3 heterocycles. The topological polar surface area (TPSA) is 74.8 Å². The minimum Gasteiger partial charge on any atom is -0.382 e. The van der Waals surface area contributed by atoms with E-state index in [1.54, 1.807) is 21.3 Å². The molecule has 5 rings (SSSR count). The van der Waals surface area contributed by atoms with E-state index in [1.165, 1.54) is 12.1 Å². The number of fused-ring (bicyclic) bond motifs is 4. The van der Waals surface area contributed by atoms with Gasteiger partial charge in [-0.25, -0.2) is 19.3 Å². The molecule has 7 nitrogen and oxygen atoms in total. The van der Waals surface area contributed by atoms with Crippen LogP contribution in [0.5, 0.6) is 0 Å². The molecular formula is C24H22FN5O2. The smallest absolute Gasteiger partial charge is 0.265 e. The minimum atomic E-state index is -0.341. The molecule has 2 aromatic carbocycles. The van der Waals surface area contributed by atoms with Gasteiger partial charge in [0.15, 0.2) is 11.3 Å². The number of rotatable bonds is 6. The average molecular weight is 431 g/mol. The van der Waals surface area contributed by atoms with Crippen molar-refractivity contribution >= 4 is 33.2 Å². The summed E-state index contributed by atoms with van der Waals surface area (Å²) >= 11 is 0. The van der Waals surface area contributed by atoms with E-state index in [1.807, 2.05) is 38.1 Å². The predicted octanol–water partition coefficient (Wildman–Crippen LogP) is 4.16. The largest absolute Gasteiger partial charge is 0.382 e. The van der Waals surface area contributed by atoms with Crippen LogP contribution < -0.4 is 5.56 Å². The Morgan fingerprint density at radius 1 is 0.969 bits per heavy atom. The number of aryl methyl sites for hydroxylation is 1. The molecule has 0 unspecified atom stereocenters. The lowest BCUT2D eigenvalue weighted by Crippen LogP contribution is -2.24. The molecule has 0 atom stereocenters. The van der Waals surface area contributed by atoms with Gasteiger partial charge in [0.2, 0.25) is 0 Å². The monoisotopic (exact) mass is 431 g/mol. The maximum Gasteiger partial charge on any atom is 0.265 e. The lowest BCUT2D eigenvalue weighted by Gasteiger charge is -2.11. The van der Waals surface area contributed by atoms with E-state index in [4.69, 9.17) is 19.7 Å². The fourth-order valence-corrected chi connectivity index (χ4v) is 4.00. The highest BCUT2D eigenvalue weighted by molar-refractivity contribution is 6.05. The van der Waals surface area contributed by atoms with Crippen LogP contribution in [0.1, 0.15) is 19.2 Å². The molecule has 3 aromatic heterocycles. The predicted molar refractivity (Wildman–Crippen MR) is 122 cm³/mol. The number of para-hydroxylation sites is 2. The normalized spacial score (nSPS) is 11.7. The highest BCUT2D eigenvalue weighted by atomic mass is 19.1. The molecule has 5 aromatic rings. The first-order chi connectivity index (χ1) is 15.6. The SMILES string of the molecule is CCOCCCn1c(C)nc2c(c1=O)c1nc3ccccc3nc1n2-c1ccc(F)cc1. The lowest BCUT2D eigenvalue weighted by atomic mass is 10.3. The van der Waals surface area contributed by atoms with Crippen molar-refractivity contribution in [3.63, 3.8) is 0 Å². The van der Waals surface area contributed by atoms with Gasteiger partial charge in [0.1, 0.15) is 22.5 Å². The molecule has 8 heteroatoms. The molecule has 0 saturated carbocycles. The molecule has 0 fully saturated rings. The summed E-state index contributed by atoms with van der Waals surface area (Å²) in [5.74, 6) is 0.251. The van der Waals surface area contributed by atoms with Crippen molar-refractivity contribution in [2.45, 2.75) is 26.8 Å². The van der Waals surface area contributed by atoms with E-state index >= 15 is 0 Å². The number of hydrogen-bond donors (Lipinski definition) is 0. The third kappa shape index (κ3) is 3.33. The second-order valence-corrected chi connectivity index (χ2v) is 7.56. The lowest BCUT2D eigenvalue weighted by molar-refractivity contribution is 0.141. The molecule has 32 heavy (non-hydrogen) atoms. The molecule has 162 valence electrons. The summed E-state index contributed by atoms with van der Waals surface area (Å²) in [5.41, 5.74) is 3.36. The average Bonchev–Trinajstić information content (AvgIpc) is 3.10. The van der Waals surface area contributed by atoms with Crippen molar-refractivity contribution in [1.82, 2.24) is 24.1 Å². The second-order valence-electron chi connectivity index (χ2n) is 7.56. The van der Waals surface area contributed by atoms with Gasteiger partial charge in [-0.05, 0) is 56.7 Å². The molecule has 0 aliphatic heterocycles. The fraction of sp³-hybridized carbons (Fsp3) is 0.250. The van der Waals surface area contributed by atoms with Gasteiger partial charge in [0, 0.05) is 25.4 Å². The Balaban J connectivity index is 1.83. The standard InChI is InChI=1S/C24H22FN5O2/c1-3-32-14-6-13-29-15(2)26-22-20(24(29)31)21-23(28-19-8-5-4-7-18(19)27-21)30(22)17-11-9-16(25)10-12-17/h4-5,7-12H,3,6,13-14H2,1-2H3. The molecule has 0 bridgehead atoms. The van der Waals surface area contributed by atoms with Gasteiger partial charge in [-0.3, -0.25) is 13.9 Å². The summed E-state index contributed by atoms with van der Waals surface area (Å²) in [6.07, 6.45) is 0.701. The van der Waals surface area contributed by atoms with E-state index in [0.29, 0.717) is 70.9 Å². The Morgan fingerprint density at radius 3 is 2.41 bits per heavy atom. The first kappa shape index (κ1) is 20.3. The van der Waals surface area contributed by atoms with Crippen LogP contribution in [0.2, 0.25) is 0 Å². The highest BCUT2D eigenvalue weighted by Gasteiger charge is 2.22. The highest BCUT2D eigenvalue weighted by Crippen LogP contribution is 2.28. The van der Waals surface area contributed by atoms with Crippen molar-refractivity contribution in [3.05, 3.63) is 70.5 Å². The maximum atomic E-state index is 13.6. The molecule has 0 radical (unpaired) electrons. The van der Waals surface area contributed by atoms with Crippen LogP contribution in [0.4, 0.5) is 4.39 Å². The molecule has 0 aliphatic carbocycles. The molecular weight excluding hydrogens is 409 g/mol. The van der Waals surface area contributed by atoms with Gasteiger partial charge in [-0.2, -0.15) is 0 Å². The van der Waals surface area contributed by atoms with E-state index in [2.05, 4.69) is 0 Å². The summed E-state index contributed by atoms with van der Waals surface area (Å²) in [4.78, 5) is 28.0. The van der Waals surface area contributed by atoms with Gasteiger partial charge >= 0.3 is 0 Å². The number of nitrogens with zero attached hydrogens (tertiary/aromatic N) is 5. The van der Waals surface area contributed by atoms with Crippen molar-refractivity contribution in [2.75, 3.05) is 13.2 Å². The van der Waals surface area contributed by atoms with Crippen LogP contribution in [-0.2, 0) is 11.3 Å². The number of benzene rings is 2. The number of halogens is 1. The van der Waals surface area contributed by atoms with E-state index in [0.717, 1.165) is 0 Å². The van der Waals surface area contributed by atoms with Gasteiger partial charge in [-0.1, -0.05) is 12.1 Å². The number of aromatic nitrogens is 5. The van der Waals surface area contributed by atoms with Crippen LogP contribution in [0.15, 0.2) is 53.3 Å². The van der Waals surface area contributed by atoms with Gasteiger partial charge in [0.05, 0.1) is 11.0 Å². The minimum absolute atomic E-state index is 0.167. The van der Waals surface area contributed by atoms with Crippen molar-refractivity contribution in [1.29, 1.82) is 0 Å². The Bertz CT molecular complexity index is 1510. The van der Waals surface area contributed by atoms with Crippen LogP contribution in [0.25, 0.3) is 38.9 Å². The van der Waals surface area contributed by atoms with Crippen molar-refractivity contribution < 1.29 is 9.13 Å². The first-order valence-corrected chi connectivity index (χ1v) is 10.6. The Kier molecular flexibility index (Phi) is 5.14. The summed E-state index contributed by atoms with van der Waals surface area (Å²) in [6.45, 7) is 5.46. The Hall–Kier alpha value is -3.65. The summed E-state index contributed by atoms with van der Waals surface area (Å²) < 4.78 is 22.5. The van der Waals surface area contributed by atoms with Gasteiger partial charge < -0.3 is 4.74 Å².